The highest BCUT2D eigenvalue weighted by Gasteiger charge is 2.20. The molecule has 0 radical (unpaired) electrons. The first kappa shape index (κ1) is 16.1. The summed E-state index contributed by atoms with van der Waals surface area (Å²) in [5, 5.41) is 1.26. The van der Waals surface area contributed by atoms with Gasteiger partial charge in [0, 0.05) is 11.3 Å². The molecule has 0 amide bonds. The molecule has 0 spiro atoms. The summed E-state index contributed by atoms with van der Waals surface area (Å²) in [6.07, 6.45) is 4.35. The Kier molecular flexibility index (Phi) is 5.91. The second kappa shape index (κ2) is 6.98. The number of sulfonamides is 1. The first-order chi connectivity index (χ1) is 8.83. The first-order valence-electron chi connectivity index (χ1n) is 6.89. The van der Waals surface area contributed by atoms with Crippen LogP contribution in [0.3, 0.4) is 0 Å². The normalized spacial score (nSPS) is 26.4. The van der Waals surface area contributed by atoms with Gasteiger partial charge in [-0.15, -0.1) is 0 Å². The molecule has 4 nitrogen and oxygen atoms in total. The van der Waals surface area contributed by atoms with Crippen molar-refractivity contribution in [2.45, 2.75) is 47.0 Å². The van der Waals surface area contributed by atoms with E-state index in [9.17, 15) is 8.42 Å². The van der Waals surface area contributed by atoms with E-state index in [2.05, 4.69) is 4.72 Å². The molecule has 0 aromatic carbocycles. The van der Waals surface area contributed by atoms with E-state index in [4.69, 9.17) is 4.74 Å². The summed E-state index contributed by atoms with van der Waals surface area (Å²) < 4.78 is 32.5. The molecule has 0 bridgehead atoms. The third kappa shape index (κ3) is 5.27. The van der Waals surface area contributed by atoms with E-state index in [1.165, 1.54) is 5.41 Å². The zero-order chi connectivity index (χ0) is 14.5. The van der Waals surface area contributed by atoms with Crippen molar-refractivity contribution in [2.75, 3.05) is 6.61 Å². The fourth-order valence-corrected chi connectivity index (χ4v) is 3.04. The summed E-state index contributed by atoms with van der Waals surface area (Å²) >= 11 is 0. The van der Waals surface area contributed by atoms with Crippen molar-refractivity contribution in [1.29, 1.82) is 0 Å². The molecule has 0 unspecified atom stereocenters. The molecular formula is C14H25NO3S. The van der Waals surface area contributed by atoms with Gasteiger partial charge in [0.1, 0.15) is 5.76 Å². The van der Waals surface area contributed by atoms with E-state index in [1.807, 2.05) is 27.7 Å². The monoisotopic (exact) mass is 287 g/mol. The Labute approximate surface area is 117 Å². The Morgan fingerprint density at radius 3 is 2.42 bits per heavy atom. The molecule has 1 aliphatic rings. The third-order valence-electron chi connectivity index (χ3n) is 2.92. The van der Waals surface area contributed by atoms with Crippen LogP contribution in [-0.4, -0.2) is 15.0 Å². The van der Waals surface area contributed by atoms with Crippen LogP contribution in [0.1, 0.15) is 47.0 Å². The van der Waals surface area contributed by atoms with E-state index in [-0.39, 0.29) is 11.8 Å². The fourth-order valence-electron chi connectivity index (χ4n) is 1.94. The number of hydrogen-bond donors (Lipinski definition) is 1. The van der Waals surface area contributed by atoms with Crippen molar-refractivity contribution in [2.24, 2.45) is 11.8 Å². The van der Waals surface area contributed by atoms with Crippen molar-refractivity contribution in [1.82, 2.24) is 4.72 Å². The molecule has 1 N–H and O–H groups in total. The molecule has 1 heterocycles. The van der Waals surface area contributed by atoms with Crippen molar-refractivity contribution < 1.29 is 13.2 Å². The number of ether oxygens (including phenoxy) is 1. The lowest BCUT2D eigenvalue weighted by atomic mass is 10.0. The van der Waals surface area contributed by atoms with Gasteiger partial charge in [0.25, 0.3) is 10.0 Å². The van der Waals surface area contributed by atoms with Crippen LogP contribution < -0.4 is 4.72 Å². The maximum atomic E-state index is 12.0. The molecule has 0 saturated heterocycles. The van der Waals surface area contributed by atoms with Crippen LogP contribution in [0.4, 0.5) is 0 Å². The lowest BCUT2D eigenvalue weighted by Crippen LogP contribution is -2.27. The molecule has 0 aliphatic carbocycles. The number of allylic oxidation sites excluding steroid dienone is 3. The van der Waals surface area contributed by atoms with Gasteiger partial charge in [0.05, 0.1) is 12.3 Å². The first-order valence-corrected chi connectivity index (χ1v) is 8.44. The lowest BCUT2D eigenvalue weighted by molar-refractivity contribution is 0.172. The standard InChI is InChI=1S/C14H25NO3S/c1-11(2)13-14(12(3)4)18-9-7-5-6-8-10-19(16,17)15-13/h8,10-12,15H,5-7,9H2,1-4H3/b10-8+,14-13-. The Hall–Kier alpha value is -0.970. The van der Waals surface area contributed by atoms with E-state index < -0.39 is 10.0 Å². The smallest absolute Gasteiger partial charge is 0.254 e. The van der Waals surface area contributed by atoms with Gasteiger partial charge in [0.15, 0.2) is 0 Å². The minimum Gasteiger partial charge on any atom is -0.496 e. The molecule has 5 heteroatoms. The Morgan fingerprint density at radius 2 is 1.84 bits per heavy atom. The van der Waals surface area contributed by atoms with Gasteiger partial charge in [-0.25, -0.2) is 8.42 Å². The van der Waals surface area contributed by atoms with E-state index in [0.29, 0.717) is 12.3 Å². The zero-order valence-corrected chi connectivity index (χ0v) is 13.1. The average Bonchev–Trinajstić information content (AvgIpc) is 2.32. The highest BCUT2D eigenvalue weighted by atomic mass is 32.2. The van der Waals surface area contributed by atoms with Crippen LogP contribution in [0.15, 0.2) is 22.9 Å². The molecule has 19 heavy (non-hydrogen) atoms. The molecule has 0 aromatic heterocycles. The number of hydrogen-bond acceptors (Lipinski definition) is 3. The molecule has 0 fully saturated rings. The SMILES string of the molecule is CC(C)/C1=C(\C(C)C)OCCCC/C=C/S(=O)(=O)N1. The maximum absolute atomic E-state index is 12.0. The van der Waals surface area contributed by atoms with Crippen molar-refractivity contribution in [3.8, 4) is 0 Å². The predicted octanol–water partition coefficient (Wildman–Crippen LogP) is 3.14. The molecule has 110 valence electrons. The summed E-state index contributed by atoms with van der Waals surface area (Å²) in [5.74, 6) is 0.986. The summed E-state index contributed by atoms with van der Waals surface area (Å²) in [4.78, 5) is 0. The summed E-state index contributed by atoms with van der Waals surface area (Å²) in [6, 6.07) is 0. The van der Waals surface area contributed by atoms with Gasteiger partial charge in [-0.1, -0.05) is 33.8 Å². The average molecular weight is 287 g/mol. The Bertz CT molecular complexity index is 447. The van der Waals surface area contributed by atoms with Crippen LogP contribution in [0, 0.1) is 11.8 Å². The van der Waals surface area contributed by atoms with Crippen LogP contribution in [-0.2, 0) is 14.8 Å². The van der Waals surface area contributed by atoms with Crippen LogP contribution in [0.25, 0.3) is 0 Å². The third-order valence-corrected chi connectivity index (χ3v) is 3.97. The zero-order valence-electron chi connectivity index (χ0n) is 12.3. The largest absolute Gasteiger partial charge is 0.496 e. The molecule has 0 aromatic rings. The van der Waals surface area contributed by atoms with Crippen LogP contribution in [0.2, 0.25) is 0 Å². The quantitative estimate of drug-likeness (QED) is 0.849. The van der Waals surface area contributed by atoms with Gasteiger partial charge in [-0.05, 0) is 25.2 Å². The van der Waals surface area contributed by atoms with E-state index in [0.717, 1.165) is 25.0 Å². The topological polar surface area (TPSA) is 55.4 Å². The van der Waals surface area contributed by atoms with Crippen molar-refractivity contribution in [3.05, 3.63) is 22.9 Å². The van der Waals surface area contributed by atoms with Gasteiger partial charge in [-0.2, -0.15) is 0 Å². The van der Waals surface area contributed by atoms with Crippen LogP contribution >= 0.6 is 0 Å². The Balaban J connectivity index is 3.18. The summed E-state index contributed by atoms with van der Waals surface area (Å²) in [7, 11) is -3.43. The highest BCUT2D eigenvalue weighted by molar-refractivity contribution is 7.92. The van der Waals surface area contributed by atoms with Gasteiger partial charge in [-0.3, -0.25) is 4.72 Å². The molecule has 1 rings (SSSR count). The molecule has 0 atom stereocenters. The van der Waals surface area contributed by atoms with E-state index >= 15 is 0 Å². The summed E-state index contributed by atoms with van der Waals surface area (Å²) in [6.45, 7) is 8.60. The summed E-state index contributed by atoms with van der Waals surface area (Å²) in [5.41, 5.74) is 0.668. The van der Waals surface area contributed by atoms with Gasteiger partial charge in [0.2, 0.25) is 0 Å². The lowest BCUT2D eigenvalue weighted by Gasteiger charge is -2.22. The molecule has 1 aliphatic heterocycles. The predicted molar refractivity (Wildman–Crippen MR) is 77.7 cm³/mol. The minimum atomic E-state index is -3.43. The minimum absolute atomic E-state index is 0.0707. The molecule has 0 saturated carbocycles. The fraction of sp³-hybridized carbons (Fsp3) is 0.714. The van der Waals surface area contributed by atoms with Crippen molar-refractivity contribution in [3.63, 3.8) is 0 Å². The van der Waals surface area contributed by atoms with Gasteiger partial charge < -0.3 is 4.74 Å². The molecular weight excluding hydrogens is 262 g/mol. The second-order valence-corrected chi connectivity index (χ2v) is 7.02. The van der Waals surface area contributed by atoms with Crippen molar-refractivity contribution >= 4 is 10.0 Å². The van der Waals surface area contributed by atoms with Crippen LogP contribution in [0.5, 0.6) is 0 Å². The maximum Gasteiger partial charge on any atom is 0.254 e. The van der Waals surface area contributed by atoms with E-state index in [1.54, 1.807) is 6.08 Å². The Morgan fingerprint density at radius 1 is 1.16 bits per heavy atom. The van der Waals surface area contributed by atoms with Gasteiger partial charge >= 0.3 is 0 Å². The second-order valence-electron chi connectivity index (χ2n) is 5.45. The number of nitrogens with one attached hydrogen (secondary N) is 1. The number of rotatable bonds is 2. The highest BCUT2D eigenvalue weighted by Crippen LogP contribution is 2.22.